The highest BCUT2D eigenvalue weighted by molar-refractivity contribution is 14.0. The second-order valence-electron chi connectivity index (χ2n) is 7.72. The number of ether oxygens (including phenoxy) is 1. The summed E-state index contributed by atoms with van der Waals surface area (Å²) >= 11 is 0. The number of hydrogen-bond donors (Lipinski definition) is 2. The van der Waals surface area contributed by atoms with Crippen LogP contribution in [-0.4, -0.2) is 55.7 Å². The molecule has 1 saturated heterocycles. The van der Waals surface area contributed by atoms with Gasteiger partial charge in [-0.15, -0.1) is 24.0 Å². The second kappa shape index (κ2) is 13.2. The van der Waals surface area contributed by atoms with E-state index in [0.29, 0.717) is 6.54 Å². The zero-order valence-electron chi connectivity index (χ0n) is 17.2. The molecule has 1 aliphatic heterocycles. The van der Waals surface area contributed by atoms with Crippen LogP contribution in [0.15, 0.2) is 23.3 Å². The molecule has 2 fully saturated rings. The van der Waals surface area contributed by atoms with Crippen molar-refractivity contribution in [3.8, 4) is 5.88 Å². The minimum atomic E-state index is 0. The van der Waals surface area contributed by atoms with E-state index in [4.69, 9.17) is 4.74 Å². The molecule has 158 valence electrons. The summed E-state index contributed by atoms with van der Waals surface area (Å²) in [7, 11) is 1.82. The molecule has 0 amide bonds. The molecule has 3 rings (SSSR count). The minimum absolute atomic E-state index is 0. The number of nitrogens with one attached hydrogen (secondary N) is 2. The molecule has 28 heavy (non-hydrogen) atoms. The largest absolute Gasteiger partial charge is 0.477 e. The van der Waals surface area contributed by atoms with Crippen LogP contribution in [0.3, 0.4) is 0 Å². The maximum atomic E-state index is 5.68. The van der Waals surface area contributed by atoms with Gasteiger partial charge in [0.1, 0.15) is 0 Å². The molecule has 0 atom stereocenters. The fraction of sp³-hybridized carbons (Fsp3) is 0.714. The normalized spacial score (nSPS) is 18.1. The van der Waals surface area contributed by atoms with Gasteiger partial charge in [-0.3, -0.25) is 4.99 Å². The lowest BCUT2D eigenvalue weighted by Crippen LogP contribution is -2.38. The Hall–Kier alpha value is -1.09. The summed E-state index contributed by atoms with van der Waals surface area (Å²) < 4.78 is 5.68. The Morgan fingerprint density at radius 3 is 2.61 bits per heavy atom. The van der Waals surface area contributed by atoms with E-state index in [1.165, 1.54) is 58.2 Å². The van der Waals surface area contributed by atoms with Crippen LogP contribution in [0.5, 0.6) is 5.88 Å². The highest BCUT2D eigenvalue weighted by Gasteiger charge is 2.22. The van der Waals surface area contributed by atoms with E-state index in [1.54, 1.807) is 0 Å². The van der Waals surface area contributed by atoms with Crippen LogP contribution < -0.4 is 15.4 Å². The lowest BCUT2D eigenvalue weighted by atomic mass is 10.2. The summed E-state index contributed by atoms with van der Waals surface area (Å²) in [5.41, 5.74) is 1.13. The molecule has 0 aromatic carbocycles. The summed E-state index contributed by atoms with van der Waals surface area (Å²) in [5, 5.41) is 6.77. The van der Waals surface area contributed by atoms with Gasteiger partial charge in [0.25, 0.3) is 0 Å². The van der Waals surface area contributed by atoms with Crippen LogP contribution in [0.2, 0.25) is 0 Å². The van der Waals surface area contributed by atoms with Crippen molar-refractivity contribution in [1.29, 1.82) is 0 Å². The third kappa shape index (κ3) is 8.94. The van der Waals surface area contributed by atoms with Gasteiger partial charge >= 0.3 is 0 Å². The number of aromatic nitrogens is 1. The van der Waals surface area contributed by atoms with Gasteiger partial charge in [-0.25, -0.2) is 4.98 Å². The summed E-state index contributed by atoms with van der Waals surface area (Å²) in [6, 6.07) is 4.02. The molecule has 7 heteroatoms. The van der Waals surface area contributed by atoms with Crippen molar-refractivity contribution in [2.75, 3.05) is 39.8 Å². The van der Waals surface area contributed by atoms with Crippen molar-refractivity contribution in [1.82, 2.24) is 20.5 Å². The Balaban J connectivity index is 0.00000280. The summed E-state index contributed by atoms with van der Waals surface area (Å²) in [6.45, 7) is 6.17. The first-order valence-corrected chi connectivity index (χ1v) is 10.6. The van der Waals surface area contributed by atoms with Gasteiger partial charge in [0.05, 0.1) is 6.61 Å². The van der Waals surface area contributed by atoms with Gasteiger partial charge in [-0.2, -0.15) is 0 Å². The van der Waals surface area contributed by atoms with E-state index in [1.807, 2.05) is 19.3 Å². The molecule has 0 spiro atoms. The Labute approximate surface area is 186 Å². The van der Waals surface area contributed by atoms with Gasteiger partial charge in [-0.1, -0.05) is 18.9 Å². The first-order chi connectivity index (χ1) is 13.3. The van der Waals surface area contributed by atoms with Crippen molar-refractivity contribution in [2.24, 2.45) is 10.9 Å². The molecular formula is C21H36IN5O. The van der Waals surface area contributed by atoms with Crippen molar-refractivity contribution >= 4 is 29.9 Å². The van der Waals surface area contributed by atoms with E-state index in [0.717, 1.165) is 42.9 Å². The molecule has 2 aliphatic rings. The number of guanidine groups is 1. The predicted octanol–water partition coefficient (Wildman–Crippen LogP) is 3.42. The van der Waals surface area contributed by atoms with Crippen LogP contribution in [0.25, 0.3) is 0 Å². The van der Waals surface area contributed by atoms with E-state index in [2.05, 4.69) is 31.6 Å². The van der Waals surface area contributed by atoms with Crippen LogP contribution in [0.1, 0.15) is 50.5 Å². The maximum Gasteiger partial charge on any atom is 0.213 e. The van der Waals surface area contributed by atoms with Crippen molar-refractivity contribution < 1.29 is 4.74 Å². The minimum Gasteiger partial charge on any atom is -0.477 e. The first kappa shape index (κ1) is 23.2. The van der Waals surface area contributed by atoms with E-state index in [9.17, 15) is 0 Å². The summed E-state index contributed by atoms with van der Waals surface area (Å²) in [5.74, 6) is 2.32. The molecule has 1 aliphatic carbocycles. The molecule has 1 aromatic rings. The molecular weight excluding hydrogens is 465 g/mol. The van der Waals surface area contributed by atoms with Gasteiger partial charge in [0, 0.05) is 32.4 Å². The van der Waals surface area contributed by atoms with E-state index < -0.39 is 0 Å². The number of likely N-dealkylation sites (tertiary alicyclic amines) is 1. The quantitative estimate of drug-likeness (QED) is 0.235. The topological polar surface area (TPSA) is 61.8 Å². The van der Waals surface area contributed by atoms with Crippen molar-refractivity contribution in [2.45, 2.75) is 51.5 Å². The summed E-state index contributed by atoms with van der Waals surface area (Å²) in [4.78, 5) is 11.3. The average Bonchev–Trinajstić information content (AvgIpc) is 3.54. The second-order valence-corrected chi connectivity index (χ2v) is 7.72. The fourth-order valence-corrected chi connectivity index (χ4v) is 3.36. The lowest BCUT2D eigenvalue weighted by Gasteiger charge is -2.20. The number of aliphatic imine (C=N–C) groups is 1. The number of hydrogen-bond acceptors (Lipinski definition) is 4. The third-order valence-electron chi connectivity index (χ3n) is 5.29. The smallest absolute Gasteiger partial charge is 0.213 e. The lowest BCUT2D eigenvalue weighted by molar-refractivity contribution is 0.282. The highest BCUT2D eigenvalue weighted by Crippen LogP contribution is 2.29. The molecule has 2 N–H and O–H groups in total. The van der Waals surface area contributed by atoms with Gasteiger partial charge < -0.3 is 20.3 Å². The third-order valence-corrected chi connectivity index (χ3v) is 5.29. The zero-order chi connectivity index (χ0) is 18.7. The van der Waals surface area contributed by atoms with E-state index in [-0.39, 0.29) is 24.0 Å². The molecule has 1 saturated carbocycles. The molecule has 2 heterocycles. The Kier molecular flexibility index (Phi) is 10.9. The Bertz CT molecular complexity index is 569. The van der Waals surface area contributed by atoms with Crippen LogP contribution in [-0.2, 0) is 6.54 Å². The maximum absolute atomic E-state index is 5.68. The molecule has 0 unspecified atom stereocenters. The van der Waals surface area contributed by atoms with Gasteiger partial charge in [-0.05, 0) is 63.2 Å². The zero-order valence-corrected chi connectivity index (χ0v) is 19.5. The van der Waals surface area contributed by atoms with Crippen LogP contribution in [0, 0.1) is 5.92 Å². The number of halogens is 1. The highest BCUT2D eigenvalue weighted by atomic mass is 127. The van der Waals surface area contributed by atoms with Crippen molar-refractivity contribution in [3.05, 3.63) is 23.9 Å². The number of pyridine rings is 1. The SMILES string of the molecule is CN=C(NCCCN1CCCCCC1)NCc1ccc(OCC2CC2)nc1.I. The Morgan fingerprint density at radius 1 is 1.18 bits per heavy atom. The first-order valence-electron chi connectivity index (χ1n) is 10.6. The molecule has 0 radical (unpaired) electrons. The molecule has 0 bridgehead atoms. The van der Waals surface area contributed by atoms with Crippen molar-refractivity contribution in [3.63, 3.8) is 0 Å². The number of nitrogens with zero attached hydrogens (tertiary/aromatic N) is 3. The van der Waals surface area contributed by atoms with Crippen LogP contribution >= 0.6 is 24.0 Å². The van der Waals surface area contributed by atoms with Gasteiger partial charge in [0.2, 0.25) is 5.88 Å². The standard InChI is InChI=1S/C21H35N5O.HI/c1-22-21(23-11-6-14-26-12-4-2-3-5-13-26)25-16-19-9-10-20(24-15-19)27-17-18-7-8-18;/h9-10,15,18H,2-8,11-14,16-17H2,1H3,(H2,22,23,25);1H. The summed E-state index contributed by atoms with van der Waals surface area (Å²) in [6.07, 6.45) is 11.1. The fourth-order valence-electron chi connectivity index (χ4n) is 3.36. The van der Waals surface area contributed by atoms with E-state index >= 15 is 0 Å². The Morgan fingerprint density at radius 2 is 1.96 bits per heavy atom. The monoisotopic (exact) mass is 501 g/mol. The number of rotatable bonds is 9. The molecule has 1 aromatic heterocycles. The average molecular weight is 501 g/mol. The van der Waals surface area contributed by atoms with Crippen LogP contribution in [0.4, 0.5) is 0 Å². The predicted molar refractivity (Wildman–Crippen MR) is 126 cm³/mol. The van der Waals surface area contributed by atoms with Gasteiger partial charge in [0.15, 0.2) is 5.96 Å². The molecule has 6 nitrogen and oxygen atoms in total.